The lowest BCUT2D eigenvalue weighted by Crippen LogP contribution is -2.41. The van der Waals surface area contributed by atoms with E-state index in [1.54, 1.807) is 42.5 Å². The molecule has 1 N–H and O–H groups in total. The van der Waals surface area contributed by atoms with E-state index < -0.39 is 10.0 Å². The zero-order valence-electron chi connectivity index (χ0n) is 16.8. The molecule has 0 saturated heterocycles. The number of sulfonamides is 1. The lowest BCUT2D eigenvalue weighted by molar-refractivity contribution is -0.119. The second-order valence-corrected chi connectivity index (χ2v) is 11.0. The Labute approximate surface area is 188 Å². The molecule has 0 bridgehead atoms. The van der Waals surface area contributed by atoms with Crippen molar-refractivity contribution in [3.05, 3.63) is 59.6 Å². The molecule has 1 aliphatic rings. The smallest absolute Gasteiger partial charge is 0.264 e. The first-order chi connectivity index (χ1) is 14.5. The summed E-state index contributed by atoms with van der Waals surface area (Å²) < 4.78 is 27.5. The van der Waals surface area contributed by atoms with Crippen molar-refractivity contribution in [2.24, 2.45) is 0 Å². The van der Waals surface area contributed by atoms with Crippen LogP contribution in [0.15, 0.2) is 59.5 Å². The summed E-state index contributed by atoms with van der Waals surface area (Å²) in [6.45, 7) is 0.243. The van der Waals surface area contributed by atoms with Crippen molar-refractivity contribution < 1.29 is 13.2 Å². The summed E-state index contributed by atoms with van der Waals surface area (Å²) in [5.41, 5.74) is 0.398. The molecule has 2 aromatic rings. The molecule has 0 unspecified atom stereocenters. The molecule has 8 heteroatoms. The Bertz CT molecular complexity index is 915. The first kappa shape index (κ1) is 23.0. The average Bonchev–Trinajstić information content (AvgIpc) is 2.77. The van der Waals surface area contributed by atoms with Gasteiger partial charge in [-0.05, 0) is 49.2 Å². The molecule has 0 spiro atoms. The summed E-state index contributed by atoms with van der Waals surface area (Å²) in [5, 5.41) is 4.05. The lowest BCUT2D eigenvalue weighted by atomic mass is 10.0. The number of thioether (sulfide) groups is 1. The van der Waals surface area contributed by atoms with E-state index in [1.807, 2.05) is 11.8 Å². The number of hydrogen-bond acceptors (Lipinski definition) is 4. The molecule has 1 aliphatic carbocycles. The number of carbonyl (C=O) groups is 1. The normalized spacial score (nSPS) is 15.0. The first-order valence-corrected chi connectivity index (χ1v) is 13.0. The van der Waals surface area contributed by atoms with Crippen LogP contribution in [0, 0.1) is 0 Å². The Morgan fingerprint density at radius 1 is 1.03 bits per heavy atom. The van der Waals surface area contributed by atoms with Crippen LogP contribution >= 0.6 is 23.4 Å². The molecule has 3 rings (SSSR count). The van der Waals surface area contributed by atoms with E-state index in [-0.39, 0.29) is 17.3 Å². The zero-order valence-corrected chi connectivity index (χ0v) is 19.2. The average molecular weight is 467 g/mol. The van der Waals surface area contributed by atoms with Crippen LogP contribution < -0.4 is 9.62 Å². The van der Waals surface area contributed by atoms with Gasteiger partial charge in [0.1, 0.15) is 6.54 Å². The largest absolute Gasteiger partial charge is 0.354 e. The van der Waals surface area contributed by atoms with Crippen molar-refractivity contribution in [1.82, 2.24) is 5.32 Å². The Balaban J connectivity index is 1.65. The predicted molar refractivity (Wildman–Crippen MR) is 125 cm³/mol. The van der Waals surface area contributed by atoms with Crippen LogP contribution in [-0.4, -0.2) is 38.4 Å². The molecule has 5 nitrogen and oxygen atoms in total. The second-order valence-electron chi connectivity index (χ2n) is 7.28. The van der Waals surface area contributed by atoms with Gasteiger partial charge in [0.25, 0.3) is 10.0 Å². The third kappa shape index (κ3) is 6.40. The molecule has 30 heavy (non-hydrogen) atoms. The first-order valence-electron chi connectivity index (χ1n) is 10.2. The van der Waals surface area contributed by atoms with Crippen molar-refractivity contribution in [3.8, 4) is 0 Å². The number of hydrogen-bond donors (Lipinski definition) is 1. The summed E-state index contributed by atoms with van der Waals surface area (Å²) in [6, 6.07) is 14.6. The van der Waals surface area contributed by atoms with E-state index in [4.69, 9.17) is 11.6 Å². The number of carbonyl (C=O) groups excluding carboxylic acids is 1. The molecular weight excluding hydrogens is 440 g/mol. The SMILES string of the molecule is O=C(CN(c1ccc(Cl)cc1)S(=O)(=O)c1ccccc1)NCCSC1CCCCC1. The van der Waals surface area contributed by atoms with Gasteiger partial charge in [0.15, 0.2) is 0 Å². The van der Waals surface area contributed by atoms with E-state index in [1.165, 1.54) is 44.2 Å². The fourth-order valence-corrected chi connectivity index (χ4v) is 6.26. The molecule has 0 heterocycles. The molecule has 1 fully saturated rings. The lowest BCUT2D eigenvalue weighted by Gasteiger charge is -2.24. The Kier molecular flexibility index (Phi) is 8.48. The van der Waals surface area contributed by atoms with Gasteiger partial charge in [-0.1, -0.05) is 49.1 Å². The number of halogens is 1. The highest BCUT2D eigenvalue weighted by molar-refractivity contribution is 7.99. The molecule has 1 amide bonds. The van der Waals surface area contributed by atoms with Crippen molar-refractivity contribution in [1.29, 1.82) is 0 Å². The highest BCUT2D eigenvalue weighted by Crippen LogP contribution is 2.28. The van der Waals surface area contributed by atoms with Gasteiger partial charge in [0.2, 0.25) is 5.91 Å². The van der Waals surface area contributed by atoms with E-state index >= 15 is 0 Å². The van der Waals surface area contributed by atoms with E-state index in [0.717, 1.165) is 10.1 Å². The molecule has 162 valence electrons. The quantitative estimate of drug-likeness (QED) is 0.543. The van der Waals surface area contributed by atoms with Crippen LogP contribution in [0.2, 0.25) is 5.02 Å². The third-order valence-corrected chi connectivity index (χ3v) is 8.49. The summed E-state index contributed by atoms with van der Waals surface area (Å²) in [4.78, 5) is 12.7. The minimum Gasteiger partial charge on any atom is -0.354 e. The van der Waals surface area contributed by atoms with Crippen LogP contribution in [0.25, 0.3) is 0 Å². The number of nitrogens with zero attached hydrogens (tertiary/aromatic N) is 1. The van der Waals surface area contributed by atoms with Gasteiger partial charge in [0.05, 0.1) is 10.6 Å². The van der Waals surface area contributed by atoms with Gasteiger partial charge < -0.3 is 5.32 Å². The second kappa shape index (κ2) is 11.1. The van der Waals surface area contributed by atoms with Crippen molar-refractivity contribution in [3.63, 3.8) is 0 Å². The van der Waals surface area contributed by atoms with E-state index in [9.17, 15) is 13.2 Å². The zero-order chi connectivity index (χ0) is 21.4. The third-order valence-electron chi connectivity index (χ3n) is 5.06. The maximum absolute atomic E-state index is 13.2. The minimum absolute atomic E-state index is 0.139. The van der Waals surface area contributed by atoms with Gasteiger partial charge in [-0.3, -0.25) is 9.10 Å². The van der Waals surface area contributed by atoms with Gasteiger partial charge in [-0.15, -0.1) is 0 Å². The number of nitrogens with one attached hydrogen (secondary N) is 1. The minimum atomic E-state index is -3.89. The van der Waals surface area contributed by atoms with Gasteiger partial charge in [0, 0.05) is 22.6 Å². The molecule has 0 radical (unpaired) electrons. The molecule has 1 saturated carbocycles. The van der Waals surface area contributed by atoms with Crippen LogP contribution in [0.1, 0.15) is 32.1 Å². The summed E-state index contributed by atoms with van der Waals surface area (Å²) >= 11 is 7.85. The number of benzene rings is 2. The standard InChI is InChI=1S/C22H27ClN2O3S2/c23-18-11-13-19(14-12-18)25(30(27,28)21-9-5-2-6-10-21)17-22(26)24-15-16-29-20-7-3-1-4-8-20/h2,5-6,9-14,20H,1,3-4,7-8,15-17H2,(H,24,26). The maximum atomic E-state index is 13.2. The molecule has 0 aromatic heterocycles. The monoisotopic (exact) mass is 466 g/mol. The van der Waals surface area contributed by atoms with Gasteiger partial charge >= 0.3 is 0 Å². The topological polar surface area (TPSA) is 66.5 Å². The summed E-state index contributed by atoms with van der Waals surface area (Å²) in [6.07, 6.45) is 6.40. The molecule has 0 aliphatic heterocycles. The predicted octanol–water partition coefficient (Wildman–Crippen LogP) is 4.72. The highest BCUT2D eigenvalue weighted by atomic mass is 35.5. The van der Waals surface area contributed by atoms with Crippen LogP contribution in [0.5, 0.6) is 0 Å². The van der Waals surface area contributed by atoms with Crippen molar-refractivity contribution in [2.75, 3.05) is 23.1 Å². The Morgan fingerprint density at radius 2 is 1.70 bits per heavy atom. The number of amides is 1. The van der Waals surface area contributed by atoms with Crippen molar-refractivity contribution >= 4 is 45.0 Å². The van der Waals surface area contributed by atoms with E-state index in [2.05, 4.69) is 5.32 Å². The summed E-state index contributed by atoms with van der Waals surface area (Å²) in [5.74, 6) is 0.511. The maximum Gasteiger partial charge on any atom is 0.264 e. The van der Waals surface area contributed by atoms with Crippen molar-refractivity contribution in [2.45, 2.75) is 42.2 Å². The van der Waals surface area contributed by atoms with Gasteiger partial charge in [-0.2, -0.15) is 11.8 Å². The molecular formula is C22H27ClN2O3S2. The number of rotatable bonds is 9. The fraction of sp³-hybridized carbons (Fsp3) is 0.409. The Morgan fingerprint density at radius 3 is 2.37 bits per heavy atom. The molecule has 0 atom stereocenters. The molecule has 2 aromatic carbocycles. The van der Waals surface area contributed by atoms with E-state index in [0.29, 0.717) is 22.5 Å². The Hall–Kier alpha value is -1.70. The van der Waals surface area contributed by atoms with Crippen LogP contribution in [0.4, 0.5) is 5.69 Å². The number of anilines is 1. The highest BCUT2D eigenvalue weighted by Gasteiger charge is 2.27. The fourth-order valence-electron chi connectivity index (χ4n) is 3.48. The van der Waals surface area contributed by atoms with Crippen LogP contribution in [0.3, 0.4) is 0 Å². The summed E-state index contributed by atoms with van der Waals surface area (Å²) in [7, 11) is -3.89. The van der Waals surface area contributed by atoms with Gasteiger partial charge in [-0.25, -0.2) is 8.42 Å². The van der Waals surface area contributed by atoms with Crippen LogP contribution in [-0.2, 0) is 14.8 Å².